The molecule has 1 aromatic carbocycles. The number of aryl methyl sites for hydroxylation is 1. The van der Waals surface area contributed by atoms with Crippen molar-refractivity contribution in [2.45, 2.75) is 51.0 Å². The summed E-state index contributed by atoms with van der Waals surface area (Å²) in [6, 6.07) is 6.54. The predicted molar refractivity (Wildman–Crippen MR) is 83.1 cm³/mol. The Balaban J connectivity index is 2.85. The molecular weight excluding hydrogens is 270 g/mol. The third-order valence-electron chi connectivity index (χ3n) is 3.21. The molecule has 1 rings (SSSR count). The lowest BCUT2D eigenvalue weighted by atomic mass is 10.0. The van der Waals surface area contributed by atoms with Crippen LogP contribution in [-0.4, -0.2) is 14.5 Å². The van der Waals surface area contributed by atoms with Crippen LogP contribution in [0.25, 0.3) is 0 Å². The standard InChI is InChI=1S/C16H23NO2S/c1-5-7-8-15(6-2)14(4)17-20(18,19)16-11-9-13(3)10-12-16/h9-12,14,17H,2,5,7-8H2,1,3-4H3. The summed E-state index contributed by atoms with van der Waals surface area (Å²) in [7, 11) is -3.50. The lowest BCUT2D eigenvalue weighted by Crippen LogP contribution is -2.33. The lowest BCUT2D eigenvalue weighted by Gasteiger charge is -2.16. The summed E-state index contributed by atoms with van der Waals surface area (Å²) < 4.78 is 27.2. The fourth-order valence-corrected chi connectivity index (χ4v) is 3.15. The SMILES string of the molecule is C=C=C(CCCC)C(C)NS(=O)(=O)c1ccc(C)cc1. The minimum Gasteiger partial charge on any atom is -0.207 e. The predicted octanol–water partition coefficient (Wildman–Crippen LogP) is 3.56. The van der Waals surface area contributed by atoms with Crippen molar-refractivity contribution in [1.29, 1.82) is 0 Å². The zero-order chi connectivity index (χ0) is 15.2. The average molecular weight is 293 g/mol. The molecule has 0 bridgehead atoms. The summed E-state index contributed by atoms with van der Waals surface area (Å²) in [5.74, 6) is 0. The number of sulfonamides is 1. The van der Waals surface area contributed by atoms with E-state index in [0.29, 0.717) is 0 Å². The topological polar surface area (TPSA) is 46.2 Å². The Morgan fingerprint density at radius 2 is 1.95 bits per heavy atom. The van der Waals surface area contributed by atoms with Crippen LogP contribution in [0.1, 0.15) is 38.7 Å². The second kappa shape index (κ2) is 7.44. The van der Waals surface area contributed by atoms with E-state index in [-0.39, 0.29) is 10.9 Å². The van der Waals surface area contributed by atoms with Gasteiger partial charge in [-0.2, -0.15) is 0 Å². The molecule has 20 heavy (non-hydrogen) atoms. The largest absolute Gasteiger partial charge is 0.241 e. The second-order valence-electron chi connectivity index (χ2n) is 4.96. The summed E-state index contributed by atoms with van der Waals surface area (Å²) in [5, 5.41) is 0. The summed E-state index contributed by atoms with van der Waals surface area (Å²) in [5.41, 5.74) is 4.80. The molecule has 1 atom stereocenters. The number of rotatable bonds is 7. The first-order chi connectivity index (χ1) is 9.40. The van der Waals surface area contributed by atoms with Crippen LogP contribution in [0.2, 0.25) is 0 Å². The maximum Gasteiger partial charge on any atom is 0.241 e. The molecule has 1 aromatic rings. The molecule has 1 N–H and O–H groups in total. The molecule has 3 nitrogen and oxygen atoms in total. The van der Waals surface area contributed by atoms with E-state index in [0.717, 1.165) is 30.4 Å². The Hall–Kier alpha value is -1.35. The molecule has 110 valence electrons. The van der Waals surface area contributed by atoms with Crippen molar-refractivity contribution >= 4 is 10.0 Å². The quantitative estimate of drug-likeness (QED) is 0.781. The van der Waals surface area contributed by atoms with E-state index in [1.165, 1.54) is 0 Å². The normalized spacial score (nSPS) is 12.8. The third-order valence-corrected chi connectivity index (χ3v) is 4.77. The zero-order valence-electron chi connectivity index (χ0n) is 12.4. The minimum absolute atomic E-state index is 0.286. The highest BCUT2D eigenvalue weighted by Crippen LogP contribution is 2.15. The highest BCUT2D eigenvalue weighted by Gasteiger charge is 2.19. The summed E-state index contributed by atoms with van der Waals surface area (Å²) in [6.07, 6.45) is 2.88. The van der Waals surface area contributed by atoms with Crippen LogP contribution in [0.4, 0.5) is 0 Å². The van der Waals surface area contributed by atoms with Crippen molar-refractivity contribution in [3.63, 3.8) is 0 Å². The molecule has 0 fully saturated rings. The fourth-order valence-electron chi connectivity index (χ4n) is 1.91. The molecule has 0 radical (unpaired) electrons. The highest BCUT2D eigenvalue weighted by molar-refractivity contribution is 7.89. The van der Waals surface area contributed by atoms with Crippen LogP contribution in [0.5, 0.6) is 0 Å². The molecule has 4 heteroatoms. The van der Waals surface area contributed by atoms with Gasteiger partial charge in [0.1, 0.15) is 0 Å². The first kappa shape index (κ1) is 16.7. The second-order valence-corrected chi connectivity index (χ2v) is 6.68. The Morgan fingerprint density at radius 1 is 1.35 bits per heavy atom. The van der Waals surface area contributed by atoms with Crippen molar-refractivity contribution in [2.75, 3.05) is 0 Å². The number of hydrogen-bond acceptors (Lipinski definition) is 2. The fraction of sp³-hybridized carbons (Fsp3) is 0.438. The van der Waals surface area contributed by atoms with E-state index >= 15 is 0 Å². The number of benzene rings is 1. The van der Waals surface area contributed by atoms with Gasteiger partial charge in [0.15, 0.2) is 0 Å². The van der Waals surface area contributed by atoms with Gasteiger partial charge in [-0.05, 0) is 44.4 Å². The Bertz CT molecular complexity index is 581. The van der Waals surface area contributed by atoms with Crippen LogP contribution in [0.3, 0.4) is 0 Å². The average Bonchev–Trinajstić information content (AvgIpc) is 2.39. The molecule has 0 aromatic heterocycles. The van der Waals surface area contributed by atoms with Gasteiger partial charge in [-0.1, -0.05) is 37.6 Å². The lowest BCUT2D eigenvalue weighted by molar-refractivity contribution is 0.569. The molecule has 1 unspecified atom stereocenters. The van der Waals surface area contributed by atoms with E-state index in [2.05, 4.69) is 24.0 Å². The van der Waals surface area contributed by atoms with Gasteiger partial charge in [0.2, 0.25) is 10.0 Å². The van der Waals surface area contributed by atoms with Crippen LogP contribution in [0, 0.1) is 6.92 Å². The van der Waals surface area contributed by atoms with Gasteiger partial charge in [0, 0.05) is 6.04 Å². The van der Waals surface area contributed by atoms with E-state index in [9.17, 15) is 8.42 Å². The molecule has 0 spiro atoms. The summed E-state index contributed by atoms with van der Waals surface area (Å²) in [4.78, 5) is 0.286. The number of unbranched alkanes of at least 4 members (excludes halogenated alkanes) is 1. The van der Waals surface area contributed by atoms with E-state index in [1.807, 2.05) is 13.8 Å². The summed E-state index contributed by atoms with van der Waals surface area (Å²) >= 11 is 0. The molecule has 0 saturated carbocycles. The van der Waals surface area contributed by atoms with Crippen molar-refractivity contribution in [3.05, 3.63) is 47.7 Å². The molecule has 0 saturated heterocycles. The maximum absolute atomic E-state index is 12.3. The van der Waals surface area contributed by atoms with Crippen molar-refractivity contribution in [3.8, 4) is 0 Å². The van der Waals surface area contributed by atoms with Crippen molar-refractivity contribution in [1.82, 2.24) is 4.72 Å². The first-order valence-electron chi connectivity index (χ1n) is 6.88. The number of hydrogen-bond donors (Lipinski definition) is 1. The van der Waals surface area contributed by atoms with Gasteiger partial charge in [0.25, 0.3) is 0 Å². The van der Waals surface area contributed by atoms with Crippen molar-refractivity contribution < 1.29 is 8.42 Å². The Kier molecular flexibility index (Phi) is 6.21. The van der Waals surface area contributed by atoms with Gasteiger partial charge in [-0.15, -0.1) is 5.73 Å². The number of nitrogens with one attached hydrogen (secondary N) is 1. The molecule has 0 aliphatic carbocycles. The van der Waals surface area contributed by atoms with E-state index < -0.39 is 10.0 Å². The van der Waals surface area contributed by atoms with Gasteiger partial charge in [-0.3, -0.25) is 0 Å². The highest BCUT2D eigenvalue weighted by atomic mass is 32.2. The monoisotopic (exact) mass is 293 g/mol. The third kappa shape index (κ3) is 4.64. The minimum atomic E-state index is -3.50. The maximum atomic E-state index is 12.3. The summed E-state index contributed by atoms with van der Waals surface area (Å²) in [6.45, 7) is 9.51. The zero-order valence-corrected chi connectivity index (χ0v) is 13.3. The Labute approximate surface area is 122 Å². The molecule has 0 aliphatic rings. The van der Waals surface area contributed by atoms with Crippen LogP contribution in [-0.2, 0) is 10.0 Å². The van der Waals surface area contributed by atoms with E-state index in [1.54, 1.807) is 24.3 Å². The Morgan fingerprint density at radius 3 is 2.45 bits per heavy atom. The molecular formula is C16H23NO2S. The van der Waals surface area contributed by atoms with Crippen LogP contribution < -0.4 is 4.72 Å². The van der Waals surface area contributed by atoms with Crippen molar-refractivity contribution in [2.24, 2.45) is 0 Å². The van der Waals surface area contributed by atoms with Gasteiger partial charge in [0.05, 0.1) is 4.90 Å². The van der Waals surface area contributed by atoms with Crippen LogP contribution in [0.15, 0.2) is 47.0 Å². The van der Waals surface area contributed by atoms with Gasteiger partial charge >= 0.3 is 0 Å². The van der Waals surface area contributed by atoms with Crippen LogP contribution >= 0.6 is 0 Å². The van der Waals surface area contributed by atoms with Gasteiger partial charge in [-0.25, -0.2) is 13.1 Å². The smallest absolute Gasteiger partial charge is 0.207 e. The van der Waals surface area contributed by atoms with E-state index in [4.69, 9.17) is 0 Å². The molecule has 0 heterocycles. The molecule has 0 amide bonds. The molecule has 0 aliphatic heterocycles. The first-order valence-corrected chi connectivity index (χ1v) is 8.37. The van der Waals surface area contributed by atoms with Gasteiger partial charge < -0.3 is 0 Å².